The van der Waals surface area contributed by atoms with Gasteiger partial charge in [-0.2, -0.15) is 0 Å². The Morgan fingerprint density at radius 3 is 2.09 bits per heavy atom. The molecule has 1 N–H and O–H groups in total. The van der Waals surface area contributed by atoms with Crippen LogP contribution in [0.15, 0.2) is 0 Å². The van der Waals surface area contributed by atoms with E-state index in [4.69, 9.17) is 0 Å². The molecule has 0 heterocycles. The molecule has 4 heteroatoms. The van der Waals surface area contributed by atoms with Crippen LogP contribution < -0.4 is 5.32 Å². The van der Waals surface area contributed by atoms with Crippen molar-refractivity contribution in [2.45, 2.75) is 24.0 Å². The minimum absolute atomic E-state index is 0.429. The average molecular weight is 177 g/mol. The summed E-state index contributed by atoms with van der Waals surface area (Å²) in [6.45, 7) is 0.603. The molecule has 0 spiro atoms. The van der Waals surface area contributed by atoms with Crippen molar-refractivity contribution >= 4 is 9.84 Å². The van der Waals surface area contributed by atoms with E-state index in [1.54, 1.807) is 7.05 Å². The fourth-order valence-electron chi connectivity index (χ4n) is 1.57. The van der Waals surface area contributed by atoms with Gasteiger partial charge in [-0.3, -0.25) is 0 Å². The second-order valence-corrected chi connectivity index (χ2v) is 5.75. The Bertz CT molecular complexity index is 229. The summed E-state index contributed by atoms with van der Waals surface area (Å²) in [5.74, 6) is 0. The molecule has 11 heavy (non-hydrogen) atoms. The zero-order valence-electron chi connectivity index (χ0n) is 7.05. The van der Waals surface area contributed by atoms with E-state index in [1.807, 2.05) is 0 Å². The summed E-state index contributed by atoms with van der Waals surface area (Å²) >= 11 is 0. The van der Waals surface area contributed by atoms with Crippen LogP contribution in [0.3, 0.4) is 0 Å². The normalized spacial score (nSPS) is 22.7. The summed E-state index contributed by atoms with van der Waals surface area (Å²) in [7, 11) is -1.06. The predicted octanol–water partition coefficient (Wildman–Crippen LogP) is 0.173. The van der Waals surface area contributed by atoms with Gasteiger partial charge >= 0.3 is 0 Å². The van der Waals surface area contributed by atoms with Crippen molar-refractivity contribution < 1.29 is 8.42 Å². The van der Waals surface area contributed by atoms with Gasteiger partial charge in [0.1, 0.15) is 0 Å². The molecule has 0 aliphatic heterocycles. The van der Waals surface area contributed by atoms with Gasteiger partial charge in [-0.1, -0.05) is 6.42 Å². The highest BCUT2D eigenvalue weighted by Gasteiger charge is 2.45. The van der Waals surface area contributed by atoms with Crippen LogP contribution in [0.25, 0.3) is 0 Å². The van der Waals surface area contributed by atoms with Gasteiger partial charge in [0.15, 0.2) is 9.84 Å². The second-order valence-electron chi connectivity index (χ2n) is 3.34. The first-order valence-electron chi connectivity index (χ1n) is 3.86. The Labute approximate surface area is 68.1 Å². The molecule has 0 radical (unpaired) electrons. The Morgan fingerprint density at radius 1 is 1.45 bits per heavy atom. The van der Waals surface area contributed by atoms with Crippen molar-refractivity contribution in [1.29, 1.82) is 0 Å². The molecule has 1 aliphatic rings. The predicted molar refractivity (Wildman–Crippen MR) is 45.4 cm³/mol. The van der Waals surface area contributed by atoms with Gasteiger partial charge in [0.25, 0.3) is 0 Å². The fraction of sp³-hybridized carbons (Fsp3) is 1.00. The molecule has 0 aromatic carbocycles. The smallest absolute Gasteiger partial charge is 0.154 e. The molecule has 1 rings (SSSR count). The van der Waals surface area contributed by atoms with Crippen LogP contribution in [0, 0.1) is 0 Å². The largest absolute Gasteiger partial charge is 0.318 e. The van der Waals surface area contributed by atoms with Crippen molar-refractivity contribution in [2.75, 3.05) is 19.8 Å². The topological polar surface area (TPSA) is 46.2 Å². The van der Waals surface area contributed by atoms with Crippen LogP contribution in [-0.2, 0) is 9.84 Å². The minimum atomic E-state index is -2.85. The highest BCUT2D eigenvalue weighted by molar-refractivity contribution is 7.92. The molecule has 0 atom stereocenters. The summed E-state index contributed by atoms with van der Waals surface area (Å²) in [6, 6.07) is 0. The molecule has 1 saturated carbocycles. The zero-order valence-corrected chi connectivity index (χ0v) is 7.87. The highest BCUT2D eigenvalue weighted by Crippen LogP contribution is 2.38. The lowest BCUT2D eigenvalue weighted by atomic mass is 9.84. The van der Waals surface area contributed by atoms with Gasteiger partial charge in [0.05, 0.1) is 4.75 Å². The maximum atomic E-state index is 11.3. The van der Waals surface area contributed by atoms with Gasteiger partial charge in [-0.15, -0.1) is 0 Å². The lowest BCUT2D eigenvalue weighted by Crippen LogP contribution is -2.51. The molecule has 66 valence electrons. The van der Waals surface area contributed by atoms with Crippen molar-refractivity contribution in [3.63, 3.8) is 0 Å². The number of hydrogen-bond acceptors (Lipinski definition) is 3. The number of sulfone groups is 1. The molecule has 1 aliphatic carbocycles. The number of nitrogens with one attached hydrogen (secondary N) is 1. The van der Waals surface area contributed by atoms with Gasteiger partial charge in [0, 0.05) is 12.8 Å². The molecule has 0 aromatic rings. The van der Waals surface area contributed by atoms with E-state index in [2.05, 4.69) is 5.32 Å². The Balaban J connectivity index is 2.76. The summed E-state index contributed by atoms with van der Waals surface area (Å²) in [5.41, 5.74) is 0. The SMILES string of the molecule is CNCC1(S(C)(=O)=O)CCC1. The Kier molecular flexibility index (Phi) is 2.25. The first-order chi connectivity index (χ1) is 5.02. The summed E-state index contributed by atoms with van der Waals surface area (Å²) in [4.78, 5) is 0. The molecular weight excluding hydrogens is 162 g/mol. The highest BCUT2D eigenvalue weighted by atomic mass is 32.2. The van der Waals surface area contributed by atoms with Crippen molar-refractivity contribution in [1.82, 2.24) is 5.32 Å². The third-order valence-corrected chi connectivity index (χ3v) is 4.68. The van der Waals surface area contributed by atoms with Crippen molar-refractivity contribution in [3.05, 3.63) is 0 Å². The van der Waals surface area contributed by atoms with E-state index in [1.165, 1.54) is 6.26 Å². The molecule has 0 amide bonds. The van der Waals surface area contributed by atoms with Gasteiger partial charge in [-0.05, 0) is 19.9 Å². The molecular formula is C7H15NO2S. The zero-order chi connectivity index (χ0) is 8.54. The van der Waals surface area contributed by atoms with Crippen LogP contribution in [0.2, 0.25) is 0 Å². The third kappa shape index (κ3) is 1.42. The number of hydrogen-bond donors (Lipinski definition) is 1. The lowest BCUT2D eigenvalue weighted by molar-refractivity contribution is 0.330. The first kappa shape index (κ1) is 9.00. The fourth-order valence-corrected chi connectivity index (χ4v) is 3.01. The van der Waals surface area contributed by atoms with Crippen LogP contribution in [0.1, 0.15) is 19.3 Å². The third-order valence-electron chi connectivity index (χ3n) is 2.55. The van der Waals surface area contributed by atoms with Gasteiger partial charge in [-0.25, -0.2) is 8.42 Å². The van der Waals surface area contributed by atoms with Crippen LogP contribution in [-0.4, -0.2) is 33.0 Å². The molecule has 1 fully saturated rings. The lowest BCUT2D eigenvalue weighted by Gasteiger charge is -2.39. The molecule has 0 unspecified atom stereocenters. The van der Waals surface area contributed by atoms with E-state index < -0.39 is 14.6 Å². The Morgan fingerprint density at radius 2 is 2.00 bits per heavy atom. The Hall–Kier alpha value is -0.0900. The second kappa shape index (κ2) is 2.75. The molecule has 0 aromatic heterocycles. The summed E-state index contributed by atoms with van der Waals surface area (Å²) < 4.78 is 22.1. The quantitative estimate of drug-likeness (QED) is 0.668. The maximum Gasteiger partial charge on any atom is 0.154 e. The standard InChI is InChI=1S/C7H15NO2S/c1-8-6-7(4-3-5-7)11(2,9)10/h8H,3-6H2,1-2H3. The maximum absolute atomic E-state index is 11.3. The molecule has 0 bridgehead atoms. The van der Waals surface area contributed by atoms with Crippen LogP contribution in [0.4, 0.5) is 0 Å². The van der Waals surface area contributed by atoms with Crippen molar-refractivity contribution in [2.24, 2.45) is 0 Å². The number of rotatable bonds is 3. The summed E-state index contributed by atoms with van der Waals surface area (Å²) in [6.07, 6.45) is 4.04. The van der Waals surface area contributed by atoms with Crippen LogP contribution >= 0.6 is 0 Å². The van der Waals surface area contributed by atoms with Crippen molar-refractivity contribution in [3.8, 4) is 0 Å². The monoisotopic (exact) mass is 177 g/mol. The van der Waals surface area contributed by atoms with Gasteiger partial charge in [0.2, 0.25) is 0 Å². The van der Waals surface area contributed by atoms with Gasteiger partial charge < -0.3 is 5.32 Å². The van der Waals surface area contributed by atoms with E-state index in [0.29, 0.717) is 6.54 Å². The van der Waals surface area contributed by atoms with E-state index in [-0.39, 0.29) is 0 Å². The molecule has 0 saturated heterocycles. The minimum Gasteiger partial charge on any atom is -0.318 e. The van der Waals surface area contributed by atoms with E-state index in [0.717, 1.165) is 19.3 Å². The van der Waals surface area contributed by atoms with E-state index >= 15 is 0 Å². The average Bonchev–Trinajstić information content (AvgIpc) is 1.75. The molecule has 3 nitrogen and oxygen atoms in total. The summed E-state index contributed by atoms with van der Waals surface area (Å²) in [5, 5.41) is 2.94. The van der Waals surface area contributed by atoms with E-state index in [9.17, 15) is 8.42 Å². The van der Waals surface area contributed by atoms with Crippen LogP contribution in [0.5, 0.6) is 0 Å². The first-order valence-corrected chi connectivity index (χ1v) is 5.75.